The molecule has 0 saturated carbocycles. The van der Waals surface area contributed by atoms with Crippen LogP contribution in [0.15, 0.2) is 10.5 Å². The first kappa shape index (κ1) is 15.5. The Bertz CT molecular complexity index is 444. The molecule has 1 N–H and O–H groups in total. The summed E-state index contributed by atoms with van der Waals surface area (Å²) in [6.07, 6.45) is 0.698. The average Bonchev–Trinajstić information content (AvgIpc) is 2.57. The molecule has 0 bridgehead atoms. The molecule has 1 aromatic heterocycles. The summed E-state index contributed by atoms with van der Waals surface area (Å²) < 4.78 is 1.13. The van der Waals surface area contributed by atoms with Crippen LogP contribution in [0.25, 0.3) is 0 Å². The molecular formula is C11H13BrClNO3S. The fourth-order valence-electron chi connectivity index (χ4n) is 1.62. The zero-order chi connectivity index (χ0) is 13.9. The number of amides is 1. The first-order valence-corrected chi connectivity index (χ1v) is 7.32. The zero-order valence-electron chi connectivity index (χ0n) is 9.94. The summed E-state index contributed by atoms with van der Waals surface area (Å²) in [5.74, 6) is -1.31. The Labute approximate surface area is 123 Å². The normalized spacial score (nSPS) is 12.2. The van der Waals surface area contributed by atoms with Gasteiger partial charge in [0.2, 0.25) is 5.91 Å². The van der Waals surface area contributed by atoms with E-state index < -0.39 is 12.0 Å². The van der Waals surface area contributed by atoms with Crippen molar-refractivity contribution in [1.29, 1.82) is 0 Å². The van der Waals surface area contributed by atoms with Gasteiger partial charge in [-0.25, -0.2) is 4.79 Å². The number of carboxylic acids is 1. The number of halogens is 2. The molecule has 0 aliphatic heterocycles. The molecule has 1 atom stereocenters. The maximum Gasteiger partial charge on any atom is 0.331 e. The number of carbonyl (C=O) groups is 2. The second-order valence-corrected chi connectivity index (χ2v) is 6.26. The van der Waals surface area contributed by atoms with E-state index in [1.807, 2.05) is 6.92 Å². The Kier molecular flexibility index (Phi) is 5.62. The molecule has 0 aromatic carbocycles. The number of carboxylic acid groups (broad SMARTS) is 1. The van der Waals surface area contributed by atoms with E-state index in [1.54, 1.807) is 6.07 Å². The highest BCUT2D eigenvalue weighted by molar-refractivity contribution is 9.10. The van der Waals surface area contributed by atoms with Crippen LogP contribution in [0.1, 0.15) is 31.2 Å². The molecule has 1 rings (SSSR count). The predicted molar refractivity (Wildman–Crippen MR) is 75.1 cm³/mol. The smallest absolute Gasteiger partial charge is 0.331 e. The monoisotopic (exact) mass is 353 g/mol. The summed E-state index contributed by atoms with van der Waals surface area (Å²) in [6.45, 7) is 3.67. The fraction of sp³-hybridized carbons (Fsp3) is 0.455. The number of carbonyl (C=O) groups excluding carboxylic acids is 1. The van der Waals surface area contributed by atoms with E-state index in [0.717, 1.165) is 0 Å². The largest absolute Gasteiger partial charge is 0.479 e. The van der Waals surface area contributed by atoms with Gasteiger partial charge in [-0.05, 0) is 28.4 Å². The Balaban J connectivity index is 3.15. The van der Waals surface area contributed by atoms with Crippen LogP contribution < -0.4 is 0 Å². The van der Waals surface area contributed by atoms with Gasteiger partial charge in [-0.2, -0.15) is 0 Å². The molecule has 0 spiro atoms. The molecule has 4 nitrogen and oxygen atoms in total. The number of nitrogens with zero attached hydrogens (tertiary/aromatic N) is 1. The maximum absolute atomic E-state index is 11.6. The summed E-state index contributed by atoms with van der Waals surface area (Å²) >= 11 is 10.3. The average molecular weight is 355 g/mol. The first-order valence-electron chi connectivity index (χ1n) is 5.33. The van der Waals surface area contributed by atoms with Crippen molar-refractivity contribution in [2.24, 2.45) is 0 Å². The van der Waals surface area contributed by atoms with E-state index in [-0.39, 0.29) is 5.91 Å². The lowest BCUT2D eigenvalue weighted by Gasteiger charge is -2.26. The lowest BCUT2D eigenvalue weighted by molar-refractivity contribution is -0.149. The lowest BCUT2D eigenvalue weighted by atomic mass is 10.2. The highest BCUT2D eigenvalue weighted by Crippen LogP contribution is 2.37. The maximum atomic E-state index is 11.6. The van der Waals surface area contributed by atoms with Crippen molar-refractivity contribution in [3.05, 3.63) is 19.8 Å². The molecule has 0 radical (unpaired) electrons. The van der Waals surface area contributed by atoms with E-state index in [9.17, 15) is 14.7 Å². The summed E-state index contributed by atoms with van der Waals surface area (Å²) in [7, 11) is 0. The number of hydrogen-bond donors (Lipinski definition) is 1. The highest BCUT2D eigenvalue weighted by Gasteiger charge is 2.30. The summed E-state index contributed by atoms with van der Waals surface area (Å²) in [5, 5.41) is 9.33. The van der Waals surface area contributed by atoms with Crippen molar-refractivity contribution >= 4 is 50.7 Å². The minimum atomic E-state index is -1.05. The predicted octanol–water partition coefficient (Wildman–Crippen LogP) is 3.55. The van der Waals surface area contributed by atoms with E-state index in [0.29, 0.717) is 26.7 Å². The fourth-order valence-corrected chi connectivity index (χ4v) is 3.46. The summed E-state index contributed by atoms with van der Waals surface area (Å²) in [6, 6.07) is 0.674. The van der Waals surface area contributed by atoms with Gasteiger partial charge in [0.05, 0.1) is 0 Å². The number of hydrogen-bond acceptors (Lipinski definition) is 3. The van der Waals surface area contributed by atoms with Gasteiger partial charge in [-0.15, -0.1) is 11.3 Å². The third kappa shape index (κ3) is 3.46. The molecule has 0 aliphatic carbocycles. The molecule has 1 amide bonds. The van der Waals surface area contributed by atoms with Crippen LogP contribution in [0, 0.1) is 0 Å². The molecule has 1 heterocycles. The summed E-state index contributed by atoms with van der Waals surface area (Å²) in [5.41, 5.74) is 0. The molecule has 7 heteroatoms. The van der Waals surface area contributed by atoms with Crippen molar-refractivity contribution in [3.8, 4) is 0 Å². The van der Waals surface area contributed by atoms with Crippen molar-refractivity contribution in [1.82, 2.24) is 4.90 Å². The van der Waals surface area contributed by atoms with E-state index >= 15 is 0 Å². The molecule has 0 aliphatic rings. The highest BCUT2D eigenvalue weighted by atomic mass is 79.9. The van der Waals surface area contributed by atoms with Crippen molar-refractivity contribution in [2.75, 3.05) is 6.54 Å². The minimum absolute atomic E-state index is 0.259. The third-order valence-corrected chi connectivity index (χ3v) is 4.88. The number of rotatable bonds is 5. The van der Waals surface area contributed by atoms with Gasteiger partial charge < -0.3 is 10.0 Å². The van der Waals surface area contributed by atoms with Gasteiger partial charge in [0.25, 0.3) is 0 Å². The van der Waals surface area contributed by atoms with Gasteiger partial charge >= 0.3 is 5.97 Å². The van der Waals surface area contributed by atoms with E-state index in [1.165, 1.54) is 23.2 Å². The van der Waals surface area contributed by atoms with Crippen molar-refractivity contribution < 1.29 is 14.7 Å². The molecule has 18 heavy (non-hydrogen) atoms. The Morgan fingerprint density at radius 2 is 2.22 bits per heavy atom. The lowest BCUT2D eigenvalue weighted by Crippen LogP contribution is -2.37. The molecular weight excluding hydrogens is 342 g/mol. The van der Waals surface area contributed by atoms with Crippen LogP contribution >= 0.6 is 38.9 Å². The van der Waals surface area contributed by atoms with Crippen LogP contribution in [0.2, 0.25) is 4.34 Å². The van der Waals surface area contributed by atoms with E-state index in [4.69, 9.17) is 11.6 Å². The van der Waals surface area contributed by atoms with Gasteiger partial charge in [-0.3, -0.25) is 4.79 Å². The number of aliphatic carboxylic acids is 1. The molecule has 100 valence electrons. The zero-order valence-corrected chi connectivity index (χ0v) is 13.1. The second-order valence-electron chi connectivity index (χ2n) is 3.72. The quantitative estimate of drug-likeness (QED) is 0.879. The van der Waals surface area contributed by atoms with Gasteiger partial charge in [0, 0.05) is 22.8 Å². The van der Waals surface area contributed by atoms with E-state index in [2.05, 4.69) is 15.9 Å². The summed E-state index contributed by atoms with van der Waals surface area (Å²) in [4.78, 5) is 24.9. The van der Waals surface area contributed by atoms with Crippen LogP contribution in [-0.4, -0.2) is 28.4 Å². The Hall–Kier alpha value is -0.590. The Morgan fingerprint density at radius 3 is 2.56 bits per heavy atom. The Morgan fingerprint density at radius 1 is 1.61 bits per heavy atom. The molecule has 0 fully saturated rings. The van der Waals surface area contributed by atoms with Crippen LogP contribution in [0.5, 0.6) is 0 Å². The topological polar surface area (TPSA) is 57.6 Å². The molecule has 1 unspecified atom stereocenters. The minimum Gasteiger partial charge on any atom is -0.479 e. The SMILES string of the molecule is CCCN(C(C)=O)C(C(=O)O)c1cc(Br)c(Cl)s1. The van der Waals surface area contributed by atoms with Crippen LogP contribution in [0.3, 0.4) is 0 Å². The second kappa shape index (κ2) is 6.54. The first-order chi connectivity index (χ1) is 8.38. The van der Waals surface area contributed by atoms with Crippen molar-refractivity contribution in [2.45, 2.75) is 26.3 Å². The molecule has 1 aromatic rings. The van der Waals surface area contributed by atoms with Crippen LogP contribution in [0.4, 0.5) is 0 Å². The van der Waals surface area contributed by atoms with Gasteiger partial charge in [0.15, 0.2) is 6.04 Å². The standard InChI is InChI=1S/C11H13BrClNO3S/c1-3-4-14(6(2)15)9(11(16)17)8-5-7(12)10(13)18-8/h5,9H,3-4H2,1-2H3,(H,16,17). The van der Waals surface area contributed by atoms with Crippen LogP contribution in [-0.2, 0) is 9.59 Å². The molecule has 0 saturated heterocycles. The number of thiophene rings is 1. The van der Waals surface area contributed by atoms with Crippen molar-refractivity contribution in [3.63, 3.8) is 0 Å². The van der Waals surface area contributed by atoms with Gasteiger partial charge in [-0.1, -0.05) is 18.5 Å². The van der Waals surface area contributed by atoms with Gasteiger partial charge in [0.1, 0.15) is 4.34 Å². The third-order valence-electron chi connectivity index (χ3n) is 2.35.